The Bertz CT molecular complexity index is 1210. The molecule has 1 amide bonds. The fourth-order valence-corrected chi connectivity index (χ4v) is 3.99. The highest BCUT2D eigenvalue weighted by Crippen LogP contribution is 2.41. The molecule has 0 aliphatic carbocycles. The molecule has 13 heteroatoms. The van der Waals surface area contributed by atoms with Crippen molar-refractivity contribution >= 4 is 27.7 Å². The molecular weight excluding hydrogens is 486 g/mol. The zero-order valence-electron chi connectivity index (χ0n) is 20.1. The number of rotatable bonds is 2. The summed E-state index contributed by atoms with van der Waals surface area (Å²) in [7, 11) is -2.35. The maximum atomic E-state index is 14.2. The highest BCUT2D eigenvalue weighted by atomic mass is 32.2. The van der Waals surface area contributed by atoms with Gasteiger partial charge in [-0.3, -0.25) is 9.45 Å². The Morgan fingerprint density at radius 3 is 2.46 bits per heavy atom. The molecule has 4 rings (SSSR count). The third kappa shape index (κ3) is 6.54. The summed E-state index contributed by atoms with van der Waals surface area (Å²) < 4.78 is 64.6. The molecule has 192 valence electrons. The normalized spacial score (nSPS) is 17.2. The van der Waals surface area contributed by atoms with E-state index in [2.05, 4.69) is 15.1 Å². The molecule has 10 nitrogen and oxygen atoms in total. The molecule has 1 N–H and O–H groups in total. The summed E-state index contributed by atoms with van der Waals surface area (Å²) in [6.07, 6.45) is 2.12. The number of hydrogen-bond donors (Lipinski definition) is 1. The highest BCUT2D eigenvalue weighted by Gasteiger charge is 2.39. The fourth-order valence-electron chi connectivity index (χ4n) is 3.99. The topological polar surface area (TPSA) is 122 Å². The molecule has 1 aromatic heterocycles. The van der Waals surface area contributed by atoms with Gasteiger partial charge in [0.15, 0.2) is 17.4 Å². The number of anilines is 2. The van der Waals surface area contributed by atoms with E-state index < -0.39 is 33.4 Å². The molecular formula is C22H28F2N4O6S. The SMILES string of the molecule is COc1c(F)cc(F)cc1-c1cc2c(nn1)N(C(=O)OC(C)(C)C)C[C@H]1CCCN21.CS(=O)(=O)O. The van der Waals surface area contributed by atoms with Gasteiger partial charge in [-0.1, -0.05) is 0 Å². The van der Waals surface area contributed by atoms with E-state index in [1.807, 2.05) is 0 Å². The van der Waals surface area contributed by atoms with Crippen molar-refractivity contribution in [3.63, 3.8) is 0 Å². The van der Waals surface area contributed by atoms with Gasteiger partial charge in [-0.05, 0) is 45.7 Å². The largest absolute Gasteiger partial charge is 0.493 e. The molecule has 3 heterocycles. The van der Waals surface area contributed by atoms with Crippen LogP contribution in [0.2, 0.25) is 0 Å². The van der Waals surface area contributed by atoms with Gasteiger partial charge in [0, 0.05) is 18.7 Å². The first-order valence-electron chi connectivity index (χ1n) is 10.8. The van der Waals surface area contributed by atoms with Gasteiger partial charge in [0.1, 0.15) is 11.4 Å². The van der Waals surface area contributed by atoms with E-state index in [1.165, 1.54) is 12.0 Å². The summed E-state index contributed by atoms with van der Waals surface area (Å²) in [6.45, 7) is 6.67. The van der Waals surface area contributed by atoms with Crippen LogP contribution in [0.15, 0.2) is 18.2 Å². The Labute approximate surface area is 202 Å². The summed E-state index contributed by atoms with van der Waals surface area (Å²) in [5.41, 5.74) is 0.464. The average molecular weight is 515 g/mol. The van der Waals surface area contributed by atoms with Crippen LogP contribution in [-0.2, 0) is 14.9 Å². The number of aromatic nitrogens is 2. The van der Waals surface area contributed by atoms with Crippen molar-refractivity contribution in [2.45, 2.75) is 45.3 Å². The smallest absolute Gasteiger partial charge is 0.416 e. The lowest BCUT2D eigenvalue weighted by molar-refractivity contribution is 0.0575. The molecule has 0 bridgehead atoms. The predicted octanol–water partition coefficient (Wildman–Crippen LogP) is 3.66. The van der Waals surface area contributed by atoms with Crippen molar-refractivity contribution in [1.29, 1.82) is 0 Å². The van der Waals surface area contributed by atoms with Crippen LogP contribution in [0.1, 0.15) is 33.6 Å². The first-order valence-corrected chi connectivity index (χ1v) is 12.6. The third-order valence-corrected chi connectivity index (χ3v) is 5.19. The molecule has 0 spiro atoms. The predicted molar refractivity (Wildman–Crippen MR) is 125 cm³/mol. The van der Waals surface area contributed by atoms with Crippen molar-refractivity contribution in [3.05, 3.63) is 29.8 Å². The minimum atomic E-state index is -3.67. The Morgan fingerprint density at radius 2 is 1.86 bits per heavy atom. The summed E-state index contributed by atoms with van der Waals surface area (Å²) in [5.74, 6) is -1.29. The van der Waals surface area contributed by atoms with E-state index in [4.69, 9.17) is 14.0 Å². The average Bonchev–Trinajstić information content (AvgIpc) is 3.18. The zero-order valence-corrected chi connectivity index (χ0v) is 20.9. The number of carbonyl (C=O) groups excluding carboxylic acids is 1. The minimum absolute atomic E-state index is 0.108. The molecule has 1 fully saturated rings. The van der Waals surface area contributed by atoms with Crippen molar-refractivity contribution in [2.24, 2.45) is 0 Å². The summed E-state index contributed by atoms with van der Waals surface area (Å²) in [4.78, 5) is 16.5. The second kappa shape index (κ2) is 9.90. The molecule has 2 aliphatic heterocycles. The lowest BCUT2D eigenvalue weighted by atomic mass is 10.1. The number of benzene rings is 1. The fraction of sp³-hybridized carbons (Fsp3) is 0.500. The lowest BCUT2D eigenvalue weighted by Crippen LogP contribution is -2.50. The molecule has 1 atom stereocenters. The first-order chi connectivity index (χ1) is 16.2. The molecule has 1 saturated heterocycles. The van der Waals surface area contributed by atoms with Gasteiger partial charge in [-0.25, -0.2) is 13.6 Å². The highest BCUT2D eigenvalue weighted by molar-refractivity contribution is 7.85. The van der Waals surface area contributed by atoms with Crippen LogP contribution in [-0.4, -0.2) is 67.4 Å². The molecule has 0 unspecified atom stereocenters. The van der Waals surface area contributed by atoms with E-state index in [0.29, 0.717) is 24.3 Å². The molecule has 0 radical (unpaired) electrons. The van der Waals surface area contributed by atoms with Crippen LogP contribution >= 0.6 is 0 Å². The van der Waals surface area contributed by atoms with E-state index in [9.17, 15) is 22.0 Å². The quantitative estimate of drug-likeness (QED) is 0.598. The molecule has 0 saturated carbocycles. The van der Waals surface area contributed by atoms with Gasteiger partial charge in [0.2, 0.25) is 0 Å². The van der Waals surface area contributed by atoms with Crippen molar-refractivity contribution in [3.8, 4) is 17.0 Å². The number of methoxy groups -OCH3 is 1. The van der Waals surface area contributed by atoms with Gasteiger partial charge in [-0.2, -0.15) is 8.42 Å². The van der Waals surface area contributed by atoms with Crippen LogP contribution in [0.25, 0.3) is 11.3 Å². The Morgan fingerprint density at radius 1 is 1.20 bits per heavy atom. The first kappa shape index (κ1) is 26.5. The summed E-state index contributed by atoms with van der Waals surface area (Å²) >= 11 is 0. The Hall–Kier alpha value is -3.06. The second-order valence-electron chi connectivity index (χ2n) is 9.22. The van der Waals surface area contributed by atoms with E-state index >= 15 is 0 Å². The number of hydrogen-bond acceptors (Lipinski definition) is 8. The Kier molecular flexibility index (Phi) is 7.50. The zero-order chi connectivity index (χ0) is 26.1. The standard InChI is InChI=1S/C21H24F2N4O3.CH4O3S/c1-21(2,3)30-20(28)27-11-13-6-5-7-26(13)17-10-16(24-25-19(17)27)14-8-12(22)9-15(23)18(14)29-4;1-5(2,3)4/h8-10,13H,5-7,11H2,1-4H3;1H3,(H,2,3,4)/t13-;/m1./s1. The van der Waals surface area contributed by atoms with E-state index in [0.717, 1.165) is 31.5 Å². The van der Waals surface area contributed by atoms with Crippen molar-refractivity contribution in [1.82, 2.24) is 10.2 Å². The number of ether oxygens (including phenoxy) is 2. The van der Waals surface area contributed by atoms with Gasteiger partial charge in [-0.15, -0.1) is 10.2 Å². The van der Waals surface area contributed by atoms with Gasteiger partial charge < -0.3 is 14.4 Å². The number of nitrogens with zero attached hydrogens (tertiary/aromatic N) is 4. The van der Waals surface area contributed by atoms with Gasteiger partial charge in [0.25, 0.3) is 10.1 Å². The molecule has 2 aliphatic rings. The second-order valence-corrected chi connectivity index (χ2v) is 10.7. The Balaban J connectivity index is 0.000000623. The third-order valence-electron chi connectivity index (χ3n) is 5.19. The monoisotopic (exact) mass is 514 g/mol. The molecule has 35 heavy (non-hydrogen) atoms. The summed E-state index contributed by atoms with van der Waals surface area (Å²) in [6, 6.07) is 3.74. The molecule has 1 aromatic carbocycles. The number of amides is 1. The summed E-state index contributed by atoms with van der Waals surface area (Å²) in [5, 5.41) is 8.41. The molecule has 2 aromatic rings. The van der Waals surface area contributed by atoms with E-state index in [-0.39, 0.29) is 23.0 Å². The van der Waals surface area contributed by atoms with Crippen molar-refractivity contribution in [2.75, 3.05) is 36.3 Å². The number of halogens is 2. The lowest BCUT2D eigenvalue weighted by Gasteiger charge is -2.39. The van der Waals surface area contributed by atoms with Crippen LogP contribution in [0.4, 0.5) is 25.1 Å². The van der Waals surface area contributed by atoms with Gasteiger partial charge >= 0.3 is 6.09 Å². The maximum absolute atomic E-state index is 14.2. The van der Waals surface area contributed by atoms with Crippen molar-refractivity contribution < 1.29 is 36.0 Å². The maximum Gasteiger partial charge on any atom is 0.416 e. The van der Waals surface area contributed by atoms with Crippen LogP contribution in [0.3, 0.4) is 0 Å². The van der Waals surface area contributed by atoms with Crippen LogP contribution in [0.5, 0.6) is 5.75 Å². The number of carbonyl (C=O) groups is 1. The number of fused-ring (bicyclic) bond motifs is 3. The van der Waals surface area contributed by atoms with Crippen LogP contribution < -0.4 is 14.5 Å². The van der Waals surface area contributed by atoms with Gasteiger partial charge in [0.05, 0.1) is 36.9 Å². The minimum Gasteiger partial charge on any atom is -0.493 e. The van der Waals surface area contributed by atoms with E-state index in [1.54, 1.807) is 26.8 Å². The van der Waals surface area contributed by atoms with Crippen LogP contribution in [0, 0.1) is 11.6 Å².